The van der Waals surface area contributed by atoms with Crippen molar-refractivity contribution < 1.29 is 4.74 Å². The Bertz CT molecular complexity index is 384. The predicted molar refractivity (Wildman–Crippen MR) is 83.3 cm³/mol. The van der Waals surface area contributed by atoms with Crippen LogP contribution in [-0.2, 0) is 11.2 Å². The van der Waals surface area contributed by atoms with Gasteiger partial charge >= 0.3 is 0 Å². The van der Waals surface area contributed by atoms with Gasteiger partial charge in [0.1, 0.15) is 0 Å². The number of hydrogen-bond donors (Lipinski definition) is 1. The van der Waals surface area contributed by atoms with E-state index in [4.69, 9.17) is 27.9 Å². The molecule has 19 heavy (non-hydrogen) atoms. The minimum Gasteiger partial charge on any atom is -0.380 e. The fourth-order valence-electron chi connectivity index (χ4n) is 2.31. The number of methoxy groups -OCH3 is 1. The van der Waals surface area contributed by atoms with Crippen LogP contribution in [0.1, 0.15) is 32.3 Å². The van der Waals surface area contributed by atoms with E-state index < -0.39 is 0 Å². The van der Waals surface area contributed by atoms with Crippen molar-refractivity contribution in [2.24, 2.45) is 0 Å². The molecule has 1 rings (SSSR count). The Balaban J connectivity index is 2.85. The molecule has 1 aromatic carbocycles. The van der Waals surface area contributed by atoms with Crippen molar-refractivity contribution >= 4 is 23.2 Å². The molecule has 0 aliphatic heterocycles. The molecule has 1 aromatic rings. The van der Waals surface area contributed by atoms with Gasteiger partial charge in [0.15, 0.2) is 0 Å². The molecule has 108 valence electrons. The van der Waals surface area contributed by atoms with E-state index >= 15 is 0 Å². The highest BCUT2D eigenvalue weighted by atomic mass is 35.5. The van der Waals surface area contributed by atoms with Crippen LogP contribution in [0.3, 0.4) is 0 Å². The molecule has 2 atom stereocenters. The van der Waals surface area contributed by atoms with E-state index in [9.17, 15) is 0 Å². The van der Waals surface area contributed by atoms with Gasteiger partial charge in [-0.1, -0.05) is 55.6 Å². The molecule has 0 radical (unpaired) electrons. The Morgan fingerprint density at radius 2 is 2.00 bits per heavy atom. The molecule has 0 saturated carbocycles. The fraction of sp³-hybridized carbons (Fsp3) is 0.600. The first-order valence-electron chi connectivity index (χ1n) is 6.83. The summed E-state index contributed by atoms with van der Waals surface area (Å²) in [5.74, 6) is 0. The molecule has 2 nitrogen and oxygen atoms in total. The first-order valence-corrected chi connectivity index (χ1v) is 7.58. The van der Waals surface area contributed by atoms with Crippen LogP contribution in [0.4, 0.5) is 0 Å². The number of rotatable bonds is 8. The maximum absolute atomic E-state index is 6.26. The van der Waals surface area contributed by atoms with Crippen molar-refractivity contribution in [1.82, 2.24) is 5.32 Å². The summed E-state index contributed by atoms with van der Waals surface area (Å²) in [5, 5.41) is 4.75. The Kier molecular flexibility index (Phi) is 7.77. The van der Waals surface area contributed by atoms with Gasteiger partial charge in [-0.25, -0.2) is 0 Å². The molecule has 0 bridgehead atoms. The Morgan fingerprint density at radius 3 is 2.58 bits per heavy atom. The Morgan fingerprint density at radius 1 is 1.26 bits per heavy atom. The lowest BCUT2D eigenvalue weighted by Crippen LogP contribution is -2.42. The maximum Gasteiger partial charge on any atom is 0.0727 e. The topological polar surface area (TPSA) is 21.3 Å². The van der Waals surface area contributed by atoms with E-state index in [1.807, 2.05) is 18.2 Å². The quantitative estimate of drug-likeness (QED) is 0.772. The first-order chi connectivity index (χ1) is 9.13. The molecule has 0 spiro atoms. The third-order valence-corrected chi connectivity index (χ3v) is 4.12. The van der Waals surface area contributed by atoms with Gasteiger partial charge in [-0.15, -0.1) is 0 Å². The number of nitrogens with one attached hydrogen (secondary N) is 1. The Labute approximate surface area is 126 Å². The molecule has 4 heteroatoms. The van der Waals surface area contributed by atoms with Gasteiger partial charge in [-0.05, 0) is 31.0 Å². The molecule has 2 unspecified atom stereocenters. The zero-order chi connectivity index (χ0) is 14.3. The summed E-state index contributed by atoms with van der Waals surface area (Å²) in [6.45, 7) is 5.18. The van der Waals surface area contributed by atoms with Gasteiger partial charge in [0.2, 0.25) is 0 Å². The molecule has 0 aliphatic rings. The smallest absolute Gasteiger partial charge is 0.0727 e. The van der Waals surface area contributed by atoms with E-state index in [-0.39, 0.29) is 12.1 Å². The first kappa shape index (κ1) is 16.8. The molecular formula is C15H23Cl2NO. The molecule has 0 saturated heterocycles. The Hall–Kier alpha value is -0.280. The highest BCUT2D eigenvalue weighted by Crippen LogP contribution is 2.27. The number of halogens is 2. The lowest BCUT2D eigenvalue weighted by Gasteiger charge is -2.27. The molecule has 1 N–H and O–H groups in total. The largest absolute Gasteiger partial charge is 0.380 e. The molecule has 0 aliphatic carbocycles. The lowest BCUT2D eigenvalue weighted by molar-refractivity contribution is 0.0614. The van der Waals surface area contributed by atoms with Gasteiger partial charge in [0, 0.05) is 13.2 Å². The standard InChI is InChI=1S/C15H23Cl2NO/c1-4-7-14(19-3)13(18-5-2)10-11-8-6-9-12(16)15(11)17/h6,8-9,13-14,18H,4-5,7,10H2,1-3H3. The van der Waals surface area contributed by atoms with E-state index in [0.29, 0.717) is 10.0 Å². The predicted octanol–water partition coefficient (Wildman–Crippen LogP) is 4.33. The van der Waals surface area contributed by atoms with Crippen LogP contribution in [0.5, 0.6) is 0 Å². The van der Waals surface area contributed by atoms with Gasteiger partial charge in [0.25, 0.3) is 0 Å². The van der Waals surface area contributed by atoms with Crippen molar-refractivity contribution in [3.63, 3.8) is 0 Å². The second-order valence-electron chi connectivity index (χ2n) is 4.64. The van der Waals surface area contributed by atoms with Crippen molar-refractivity contribution in [2.75, 3.05) is 13.7 Å². The molecule has 0 fully saturated rings. The van der Waals surface area contributed by atoms with Crippen LogP contribution >= 0.6 is 23.2 Å². The zero-order valence-corrected chi connectivity index (χ0v) is 13.4. The van der Waals surface area contributed by atoms with E-state index in [1.165, 1.54) is 0 Å². The second kappa shape index (κ2) is 8.80. The molecule has 0 aromatic heterocycles. The fourth-order valence-corrected chi connectivity index (χ4v) is 2.71. The number of ether oxygens (including phenoxy) is 1. The van der Waals surface area contributed by atoms with Gasteiger partial charge in [-0.2, -0.15) is 0 Å². The highest BCUT2D eigenvalue weighted by Gasteiger charge is 2.21. The van der Waals surface area contributed by atoms with Crippen LogP contribution < -0.4 is 5.32 Å². The summed E-state index contributed by atoms with van der Waals surface area (Å²) in [5.41, 5.74) is 1.07. The highest BCUT2D eigenvalue weighted by molar-refractivity contribution is 6.42. The summed E-state index contributed by atoms with van der Waals surface area (Å²) in [6.07, 6.45) is 3.15. The van der Waals surface area contributed by atoms with Gasteiger partial charge < -0.3 is 10.1 Å². The zero-order valence-electron chi connectivity index (χ0n) is 11.9. The third kappa shape index (κ3) is 4.96. The van der Waals surface area contributed by atoms with Crippen molar-refractivity contribution in [2.45, 2.75) is 45.3 Å². The van der Waals surface area contributed by atoms with Crippen LogP contribution in [0.15, 0.2) is 18.2 Å². The van der Waals surface area contributed by atoms with Crippen molar-refractivity contribution in [3.05, 3.63) is 33.8 Å². The summed E-state index contributed by atoms with van der Waals surface area (Å²) >= 11 is 12.3. The summed E-state index contributed by atoms with van der Waals surface area (Å²) in [4.78, 5) is 0. The molecular weight excluding hydrogens is 281 g/mol. The number of benzene rings is 1. The third-order valence-electron chi connectivity index (χ3n) is 3.26. The SMILES string of the molecule is CCCC(OC)C(Cc1cccc(Cl)c1Cl)NCC. The normalized spacial score (nSPS) is 14.4. The van der Waals surface area contributed by atoms with E-state index in [1.54, 1.807) is 7.11 Å². The summed E-state index contributed by atoms with van der Waals surface area (Å²) in [7, 11) is 1.77. The van der Waals surface area contributed by atoms with Crippen molar-refractivity contribution in [1.29, 1.82) is 0 Å². The van der Waals surface area contributed by atoms with E-state index in [2.05, 4.69) is 19.2 Å². The second-order valence-corrected chi connectivity index (χ2v) is 5.43. The van der Waals surface area contributed by atoms with Crippen LogP contribution in [0.25, 0.3) is 0 Å². The number of likely N-dealkylation sites (N-methyl/N-ethyl adjacent to an activating group) is 1. The van der Waals surface area contributed by atoms with Crippen LogP contribution in [-0.4, -0.2) is 25.8 Å². The lowest BCUT2D eigenvalue weighted by atomic mass is 9.98. The summed E-state index contributed by atoms with van der Waals surface area (Å²) < 4.78 is 5.61. The van der Waals surface area contributed by atoms with Crippen molar-refractivity contribution in [3.8, 4) is 0 Å². The van der Waals surface area contributed by atoms with Gasteiger partial charge in [0.05, 0.1) is 16.1 Å². The number of hydrogen-bond acceptors (Lipinski definition) is 2. The molecule has 0 heterocycles. The van der Waals surface area contributed by atoms with Crippen LogP contribution in [0, 0.1) is 0 Å². The average Bonchev–Trinajstić information content (AvgIpc) is 2.40. The van der Waals surface area contributed by atoms with Gasteiger partial charge in [-0.3, -0.25) is 0 Å². The minimum atomic E-state index is 0.194. The minimum absolute atomic E-state index is 0.194. The maximum atomic E-state index is 6.26. The summed E-state index contributed by atoms with van der Waals surface area (Å²) in [6, 6.07) is 6.03. The van der Waals surface area contributed by atoms with Crippen LogP contribution in [0.2, 0.25) is 10.0 Å². The monoisotopic (exact) mass is 303 g/mol. The molecule has 0 amide bonds. The average molecular weight is 304 g/mol. The van der Waals surface area contributed by atoms with E-state index in [0.717, 1.165) is 31.4 Å².